The van der Waals surface area contributed by atoms with Gasteiger partial charge < -0.3 is 4.74 Å². The molecule has 0 unspecified atom stereocenters. The fourth-order valence-electron chi connectivity index (χ4n) is 3.39. The highest BCUT2D eigenvalue weighted by Crippen LogP contribution is 2.26. The summed E-state index contributed by atoms with van der Waals surface area (Å²) in [7, 11) is 0. The minimum absolute atomic E-state index is 0.179. The van der Waals surface area contributed by atoms with Gasteiger partial charge in [0.05, 0.1) is 21.6 Å². The summed E-state index contributed by atoms with van der Waals surface area (Å²) in [5.41, 5.74) is 2.42. The van der Waals surface area contributed by atoms with Gasteiger partial charge >= 0.3 is 0 Å². The zero-order valence-electron chi connectivity index (χ0n) is 18.5. The quantitative estimate of drug-likeness (QED) is 0.186. The summed E-state index contributed by atoms with van der Waals surface area (Å²) < 4.78 is 10.0. The van der Waals surface area contributed by atoms with Crippen molar-refractivity contribution in [3.63, 3.8) is 0 Å². The number of halogens is 3. The standard InChI is InChI=1S/C26H22Br3N3O2/c1-2-3-4-25-31-23-11-10-20(28)14-21(23)26(33)32(25)30-15-18-7-12-24(22(29)13-18)34-16-17-5-8-19(27)9-6-17/h5-15H,2-4,16H2,1H3. The van der Waals surface area contributed by atoms with Crippen LogP contribution in [0.5, 0.6) is 5.75 Å². The number of unbranched alkanes of at least 4 members (excludes halogenated alkanes) is 1. The Bertz CT molecular complexity index is 1400. The van der Waals surface area contributed by atoms with Gasteiger partial charge in [0.25, 0.3) is 5.56 Å². The third-order valence-corrected chi connectivity index (χ3v) is 6.86. The van der Waals surface area contributed by atoms with Crippen LogP contribution >= 0.6 is 47.8 Å². The van der Waals surface area contributed by atoms with Gasteiger partial charge in [0.2, 0.25) is 0 Å². The molecule has 174 valence electrons. The molecule has 3 aromatic carbocycles. The molecule has 0 saturated carbocycles. The van der Waals surface area contributed by atoms with Gasteiger partial charge in [0, 0.05) is 15.4 Å². The van der Waals surface area contributed by atoms with Crippen molar-refractivity contribution < 1.29 is 4.74 Å². The molecule has 0 bridgehead atoms. The molecule has 5 nitrogen and oxygen atoms in total. The van der Waals surface area contributed by atoms with Gasteiger partial charge in [-0.3, -0.25) is 4.79 Å². The van der Waals surface area contributed by atoms with Gasteiger partial charge in [-0.2, -0.15) is 9.78 Å². The lowest BCUT2D eigenvalue weighted by atomic mass is 10.2. The molecule has 0 aliphatic carbocycles. The molecule has 0 aliphatic rings. The van der Waals surface area contributed by atoms with Gasteiger partial charge in [-0.15, -0.1) is 0 Å². The van der Waals surface area contributed by atoms with Crippen molar-refractivity contribution in [2.24, 2.45) is 5.10 Å². The van der Waals surface area contributed by atoms with Crippen LogP contribution < -0.4 is 10.3 Å². The molecule has 0 N–H and O–H groups in total. The van der Waals surface area contributed by atoms with Crippen LogP contribution in [0.25, 0.3) is 10.9 Å². The van der Waals surface area contributed by atoms with E-state index in [4.69, 9.17) is 9.72 Å². The minimum Gasteiger partial charge on any atom is -0.488 e. The smallest absolute Gasteiger partial charge is 0.282 e. The van der Waals surface area contributed by atoms with E-state index in [1.165, 1.54) is 4.68 Å². The maximum absolute atomic E-state index is 13.2. The topological polar surface area (TPSA) is 56.5 Å². The summed E-state index contributed by atoms with van der Waals surface area (Å²) in [6, 6.07) is 19.3. The lowest BCUT2D eigenvalue weighted by molar-refractivity contribution is 0.304. The molecule has 0 spiro atoms. The molecule has 0 aliphatic heterocycles. The molecule has 1 aromatic heterocycles. The maximum Gasteiger partial charge on any atom is 0.282 e. The van der Waals surface area contributed by atoms with Crippen molar-refractivity contribution in [3.05, 3.63) is 101 Å². The molecule has 0 radical (unpaired) electrons. The lowest BCUT2D eigenvalue weighted by Crippen LogP contribution is -2.22. The highest BCUT2D eigenvalue weighted by atomic mass is 79.9. The SMILES string of the molecule is CCCCc1nc2ccc(Br)cc2c(=O)n1N=Cc1ccc(OCc2ccc(Br)cc2)c(Br)c1. The molecule has 34 heavy (non-hydrogen) atoms. The second-order valence-electron chi connectivity index (χ2n) is 7.76. The third kappa shape index (κ3) is 6.03. The normalized spacial score (nSPS) is 11.4. The van der Waals surface area contributed by atoms with E-state index in [2.05, 4.69) is 59.8 Å². The first-order valence-electron chi connectivity index (χ1n) is 10.9. The number of ether oxygens (including phenoxy) is 1. The van der Waals surface area contributed by atoms with E-state index in [-0.39, 0.29) is 5.56 Å². The van der Waals surface area contributed by atoms with Crippen LogP contribution in [0.1, 0.15) is 36.7 Å². The molecule has 0 fully saturated rings. The number of hydrogen-bond donors (Lipinski definition) is 0. The monoisotopic (exact) mass is 645 g/mol. The number of rotatable bonds is 8. The zero-order valence-corrected chi connectivity index (χ0v) is 23.2. The average molecular weight is 648 g/mol. The first-order chi connectivity index (χ1) is 16.4. The van der Waals surface area contributed by atoms with Crippen molar-refractivity contribution in [1.82, 2.24) is 9.66 Å². The molecule has 4 rings (SSSR count). The van der Waals surface area contributed by atoms with Crippen LogP contribution in [0, 0.1) is 0 Å². The Morgan fingerprint density at radius 1 is 1.00 bits per heavy atom. The highest BCUT2D eigenvalue weighted by Gasteiger charge is 2.11. The summed E-state index contributed by atoms with van der Waals surface area (Å²) in [6.07, 6.45) is 4.29. The summed E-state index contributed by atoms with van der Waals surface area (Å²) in [5.74, 6) is 1.39. The Morgan fingerprint density at radius 2 is 1.76 bits per heavy atom. The largest absolute Gasteiger partial charge is 0.488 e. The van der Waals surface area contributed by atoms with Crippen LogP contribution in [-0.2, 0) is 13.0 Å². The van der Waals surface area contributed by atoms with E-state index >= 15 is 0 Å². The van der Waals surface area contributed by atoms with Gasteiger partial charge in [-0.25, -0.2) is 4.98 Å². The van der Waals surface area contributed by atoms with Gasteiger partial charge in [0.15, 0.2) is 0 Å². The van der Waals surface area contributed by atoms with Crippen molar-refractivity contribution in [3.8, 4) is 5.75 Å². The second-order valence-corrected chi connectivity index (χ2v) is 10.4. The first kappa shape index (κ1) is 24.8. The third-order valence-electron chi connectivity index (χ3n) is 5.22. The summed E-state index contributed by atoms with van der Waals surface area (Å²) in [4.78, 5) is 17.9. The van der Waals surface area contributed by atoms with Crippen LogP contribution in [0.4, 0.5) is 0 Å². The predicted octanol–water partition coefficient (Wildman–Crippen LogP) is 7.49. The summed E-state index contributed by atoms with van der Waals surface area (Å²) in [6.45, 7) is 2.58. The Morgan fingerprint density at radius 3 is 2.50 bits per heavy atom. The van der Waals surface area contributed by atoms with E-state index in [1.807, 2.05) is 54.6 Å². The van der Waals surface area contributed by atoms with E-state index in [9.17, 15) is 4.79 Å². The molecular formula is C26H22Br3N3O2. The van der Waals surface area contributed by atoms with E-state index in [1.54, 1.807) is 12.3 Å². The Labute approximate surface area is 223 Å². The number of hydrogen-bond acceptors (Lipinski definition) is 4. The lowest BCUT2D eigenvalue weighted by Gasteiger charge is -2.10. The van der Waals surface area contributed by atoms with Crippen molar-refractivity contribution in [2.45, 2.75) is 32.8 Å². The fourth-order valence-corrected chi connectivity index (χ4v) is 4.53. The Hall–Kier alpha value is -2.29. The number of nitrogens with zero attached hydrogens (tertiary/aromatic N) is 3. The molecule has 0 atom stereocenters. The average Bonchev–Trinajstić information content (AvgIpc) is 2.83. The van der Waals surface area contributed by atoms with E-state index in [0.717, 1.165) is 43.1 Å². The van der Waals surface area contributed by atoms with Gasteiger partial charge in [-0.1, -0.05) is 57.3 Å². The first-order valence-corrected chi connectivity index (χ1v) is 13.2. The summed E-state index contributed by atoms with van der Waals surface area (Å²) >= 11 is 10.5. The molecule has 4 aromatic rings. The highest BCUT2D eigenvalue weighted by molar-refractivity contribution is 9.11. The Kier molecular flexibility index (Phi) is 8.34. The molecule has 0 saturated heterocycles. The van der Waals surface area contributed by atoms with Crippen molar-refractivity contribution in [1.29, 1.82) is 0 Å². The molecule has 0 amide bonds. The Balaban J connectivity index is 1.59. The van der Waals surface area contributed by atoms with Crippen LogP contribution in [-0.4, -0.2) is 15.9 Å². The number of fused-ring (bicyclic) bond motifs is 1. The van der Waals surface area contributed by atoms with Crippen LogP contribution in [0.2, 0.25) is 0 Å². The second kappa shape index (κ2) is 11.4. The summed E-state index contributed by atoms with van der Waals surface area (Å²) in [5, 5.41) is 5.05. The molecule has 1 heterocycles. The van der Waals surface area contributed by atoms with Crippen LogP contribution in [0.15, 0.2) is 84.0 Å². The minimum atomic E-state index is -0.179. The van der Waals surface area contributed by atoms with Crippen molar-refractivity contribution >= 4 is 64.9 Å². The van der Waals surface area contributed by atoms with Gasteiger partial charge in [0.1, 0.15) is 18.2 Å². The van der Waals surface area contributed by atoms with E-state index in [0.29, 0.717) is 29.8 Å². The number of benzene rings is 3. The van der Waals surface area contributed by atoms with Gasteiger partial charge in [-0.05, 0) is 82.0 Å². The predicted molar refractivity (Wildman–Crippen MR) is 148 cm³/mol. The van der Waals surface area contributed by atoms with E-state index < -0.39 is 0 Å². The number of aromatic nitrogens is 2. The van der Waals surface area contributed by atoms with Crippen molar-refractivity contribution in [2.75, 3.05) is 0 Å². The molecule has 8 heteroatoms. The number of aryl methyl sites for hydroxylation is 1. The molecular weight excluding hydrogens is 626 g/mol. The van der Waals surface area contributed by atoms with Crippen LogP contribution in [0.3, 0.4) is 0 Å². The maximum atomic E-state index is 13.2. The zero-order chi connectivity index (χ0) is 24.1. The fraction of sp³-hybridized carbons (Fsp3) is 0.192.